The molecule has 0 spiro atoms. The molecule has 0 amide bonds. The van der Waals surface area contributed by atoms with Crippen molar-refractivity contribution in [3.8, 4) is 0 Å². The zero-order chi connectivity index (χ0) is 13.1. The van der Waals surface area contributed by atoms with Crippen LogP contribution < -0.4 is 5.32 Å². The quantitative estimate of drug-likeness (QED) is 0.834. The Morgan fingerprint density at radius 3 is 2.56 bits per heavy atom. The molecule has 0 atom stereocenters. The van der Waals surface area contributed by atoms with Crippen LogP contribution in [0.4, 0.5) is 14.5 Å². The van der Waals surface area contributed by atoms with Gasteiger partial charge in [-0.3, -0.25) is 0 Å². The molecule has 0 aliphatic heterocycles. The highest BCUT2D eigenvalue weighted by Gasteiger charge is 2.05. The van der Waals surface area contributed by atoms with Gasteiger partial charge in [-0.25, -0.2) is 8.78 Å². The molecule has 0 aromatic heterocycles. The zero-order valence-electron chi connectivity index (χ0n) is 9.18. The molecule has 0 unspecified atom stereocenters. The summed E-state index contributed by atoms with van der Waals surface area (Å²) in [7, 11) is 0. The lowest BCUT2D eigenvalue weighted by Crippen LogP contribution is -2.02. The Morgan fingerprint density at radius 1 is 1.11 bits per heavy atom. The van der Waals surface area contributed by atoms with E-state index in [1.165, 1.54) is 18.2 Å². The van der Waals surface area contributed by atoms with Gasteiger partial charge in [0.05, 0.1) is 5.69 Å². The molecule has 0 saturated carbocycles. The van der Waals surface area contributed by atoms with Crippen LogP contribution in [0.5, 0.6) is 0 Å². The molecule has 0 radical (unpaired) electrons. The topological polar surface area (TPSA) is 12.0 Å². The van der Waals surface area contributed by atoms with Gasteiger partial charge in [0.25, 0.3) is 0 Å². The highest BCUT2D eigenvalue weighted by atomic mass is 79.9. The van der Waals surface area contributed by atoms with E-state index >= 15 is 0 Å². The fourth-order valence-electron chi connectivity index (χ4n) is 1.49. The van der Waals surface area contributed by atoms with E-state index in [-0.39, 0.29) is 5.82 Å². The van der Waals surface area contributed by atoms with E-state index in [1.54, 1.807) is 18.2 Å². The highest BCUT2D eigenvalue weighted by molar-refractivity contribution is 9.10. The lowest BCUT2D eigenvalue weighted by molar-refractivity contribution is 0.625. The second kappa shape index (κ2) is 5.67. The van der Waals surface area contributed by atoms with Gasteiger partial charge in [0.2, 0.25) is 0 Å². The predicted molar refractivity (Wildman–Crippen MR) is 72.8 cm³/mol. The number of hydrogen-bond acceptors (Lipinski definition) is 1. The number of rotatable bonds is 3. The molecule has 0 fully saturated rings. The van der Waals surface area contributed by atoms with E-state index < -0.39 is 5.82 Å². The van der Waals surface area contributed by atoms with Crippen LogP contribution in [-0.2, 0) is 6.54 Å². The molecule has 0 aliphatic rings. The summed E-state index contributed by atoms with van der Waals surface area (Å²) in [4.78, 5) is 0. The average Bonchev–Trinajstić information content (AvgIpc) is 2.30. The van der Waals surface area contributed by atoms with Gasteiger partial charge in [-0.1, -0.05) is 33.6 Å². The van der Waals surface area contributed by atoms with Crippen molar-refractivity contribution >= 4 is 33.2 Å². The molecule has 0 heterocycles. The van der Waals surface area contributed by atoms with Gasteiger partial charge < -0.3 is 5.32 Å². The fourth-order valence-corrected chi connectivity index (χ4v) is 2.14. The largest absolute Gasteiger partial charge is 0.379 e. The lowest BCUT2D eigenvalue weighted by Gasteiger charge is -2.09. The number of hydrogen-bond donors (Lipinski definition) is 1. The summed E-state index contributed by atoms with van der Waals surface area (Å²) >= 11 is 8.92. The number of nitrogens with one attached hydrogen (secondary N) is 1. The minimum Gasteiger partial charge on any atom is -0.379 e. The average molecular weight is 333 g/mol. The van der Waals surface area contributed by atoms with Crippen LogP contribution in [0, 0.1) is 11.6 Å². The van der Waals surface area contributed by atoms with Crippen molar-refractivity contribution in [1.82, 2.24) is 0 Å². The summed E-state index contributed by atoms with van der Waals surface area (Å²) in [6.07, 6.45) is 0. The third-order valence-electron chi connectivity index (χ3n) is 2.42. The van der Waals surface area contributed by atoms with E-state index in [0.717, 1.165) is 5.56 Å². The van der Waals surface area contributed by atoms with Crippen molar-refractivity contribution in [3.05, 3.63) is 63.1 Å². The van der Waals surface area contributed by atoms with Crippen LogP contribution >= 0.6 is 27.5 Å². The third kappa shape index (κ3) is 3.21. The van der Waals surface area contributed by atoms with Crippen molar-refractivity contribution < 1.29 is 8.78 Å². The molecular formula is C13H9BrClF2N. The Bertz CT molecular complexity index is 523. The highest BCUT2D eigenvalue weighted by Crippen LogP contribution is 2.22. The molecule has 1 nitrogen and oxygen atoms in total. The van der Waals surface area contributed by atoms with E-state index in [4.69, 9.17) is 11.6 Å². The Kier molecular flexibility index (Phi) is 4.19. The molecule has 2 aromatic rings. The first-order valence-electron chi connectivity index (χ1n) is 5.19. The molecule has 2 aromatic carbocycles. The number of anilines is 1. The summed E-state index contributed by atoms with van der Waals surface area (Å²) in [5.74, 6) is -0.732. The van der Waals surface area contributed by atoms with Crippen LogP contribution in [0.25, 0.3) is 0 Å². The van der Waals surface area contributed by atoms with Crippen LogP contribution in [0.1, 0.15) is 5.56 Å². The Balaban J connectivity index is 2.11. The van der Waals surface area contributed by atoms with Gasteiger partial charge in [0, 0.05) is 16.0 Å². The summed E-state index contributed by atoms with van der Waals surface area (Å²) in [6.45, 7) is 0.388. The lowest BCUT2D eigenvalue weighted by atomic mass is 10.2. The standard InChI is InChI=1S/C13H9BrClF2N/c14-11-6-10(16)3-1-8(11)7-18-13-4-2-9(15)5-12(13)17/h1-6,18H,7H2. The normalized spacial score (nSPS) is 10.4. The van der Waals surface area contributed by atoms with Gasteiger partial charge in [0.15, 0.2) is 0 Å². The maximum atomic E-state index is 13.5. The second-order valence-electron chi connectivity index (χ2n) is 3.71. The van der Waals surface area contributed by atoms with Gasteiger partial charge in [0.1, 0.15) is 11.6 Å². The van der Waals surface area contributed by atoms with Gasteiger partial charge in [-0.05, 0) is 35.9 Å². The first-order valence-corrected chi connectivity index (χ1v) is 6.36. The van der Waals surface area contributed by atoms with Crippen LogP contribution in [0.15, 0.2) is 40.9 Å². The Hall–Kier alpha value is -1.13. The maximum Gasteiger partial charge on any atom is 0.147 e. The first kappa shape index (κ1) is 13.3. The Labute approximate surface area is 117 Å². The Morgan fingerprint density at radius 2 is 1.89 bits per heavy atom. The van der Waals surface area contributed by atoms with E-state index in [2.05, 4.69) is 21.2 Å². The minimum atomic E-state index is -0.416. The molecule has 0 bridgehead atoms. The van der Waals surface area contributed by atoms with Crippen molar-refractivity contribution in [2.45, 2.75) is 6.54 Å². The van der Waals surface area contributed by atoms with Crippen molar-refractivity contribution in [3.63, 3.8) is 0 Å². The second-order valence-corrected chi connectivity index (χ2v) is 5.00. The minimum absolute atomic E-state index is 0.316. The molecule has 18 heavy (non-hydrogen) atoms. The molecule has 2 rings (SSSR count). The van der Waals surface area contributed by atoms with Gasteiger partial charge in [-0.15, -0.1) is 0 Å². The molecular weight excluding hydrogens is 324 g/mol. The fraction of sp³-hybridized carbons (Fsp3) is 0.0769. The summed E-state index contributed by atoms with van der Waals surface area (Å²) < 4.78 is 27.0. The van der Waals surface area contributed by atoms with E-state index in [1.807, 2.05) is 0 Å². The number of halogens is 4. The summed E-state index contributed by atoms with van der Waals surface area (Å²) in [5, 5.41) is 3.28. The third-order valence-corrected chi connectivity index (χ3v) is 3.39. The van der Waals surface area contributed by atoms with Crippen LogP contribution in [0.3, 0.4) is 0 Å². The number of benzene rings is 2. The van der Waals surface area contributed by atoms with E-state index in [9.17, 15) is 8.78 Å². The van der Waals surface area contributed by atoms with Gasteiger partial charge >= 0.3 is 0 Å². The maximum absolute atomic E-state index is 13.5. The molecule has 5 heteroatoms. The molecule has 0 saturated heterocycles. The van der Waals surface area contributed by atoms with Crippen molar-refractivity contribution in [2.75, 3.05) is 5.32 Å². The molecule has 94 valence electrons. The first-order chi connectivity index (χ1) is 8.56. The molecule has 0 aliphatic carbocycles. The smallest absolute Gasteiger partial charge is 0.147 e. The van der Waals surface area contributed by atoms with Crippen LogP contribution in [0.2, 0.25) is 5.02 Å². The van der Waals surface area contributed by atoms with E-state index in [0.29, 0.717) is 21.7 Å². The predicted octanol–water partition coefficient (Wildman–Crippen LogP) is 4.99. The zero-order valence-corrected chi connectivity index (χ0v) is 11.5. The van der Waals surface area contributed by atoms with Gasteiger partial charge in [-0.2, -0.15) is 0 Å². The monoisotopic (exact) mass is 331 g/mol. The summed E-state index contributed by atoms with van der Waals surface area (Å²) in [5.41, 5.74) is 1.20. The summed E-state index contributed by atoms with van der Waals surface area (Å²) in [6, 6.07) is 8.78. The molecule has 1 N–H and O–H groups in total. The SMILES string of the molecule is Fc1ccc(CNc2ccc(Cl)cc2F)c(Br)c1. The van der Waals surface area contributed by atoms with Crippen molar-refractivity contribution in [2.24, 2.45) is 0 Å². The van der Waals surface area contributed by atoms with Crippen LogP contribution in [-0.4, -0.2) is 0 Å². The van der Waals surface area contributed by atoms with Crippen molar-refractivity contribution in [1.29, 1.82) is 0 Å².